The zero-order valence-electron chi connectivity index (χ0n) is 15.5. The first-order chi connectivity index (χ1) is 13.3. The van der Waals surface area contributed by atoms with Crippen LogP contribution in [-0.4, -0.2) is 24.5 Å². The molecule has 0 fully saturated rings. The number of hydrogen-bond donors (Lipinski definition) is 1. The first-order valence-electron chi connectivity index (χ1n) is 9.12. The van der Waals surface area contributed by atoms with E-state index in [4.69, 9.17) is 4.74 Å². The van der Waals surface area contributed by atoms with E-state index in [1.165, 1.54) is 0 Å². The Morgan fingerprint density at radius 3 is 2.48 bits per heavy atom. The lowest BCUT2D eigenvalue weighted by atomic mass is 9.93. The van der Waals surface area contributed by atoms with Crippen LogP contribution >= 0.6 is 0 Å². The Bertz CT molecular complexity index is 851. The molecule has 27 heavy (non-hydrogen) atoms. The maximum Gasteiger partial charge on any atom is 0.227 e. The fraction of sp³-hybridized carbons (Fsp3) is 0.217. The quantitative estimate of drug-likeness (QED) is 0.665. The molecule has 0 aliphatic rings. The number of hydrogen-bond acceptors (Lipinski definition) is 3. The first-order valence-corrected chi connectivity index (χ1v) is 9.12. The van der Waals surface area contributed by atoms with E-state index in [0.717, 1.165) is 29.0 Å². The molecule has 1 amide bonds. The van der Waals surface area contributed by atoms with E-state index in [-0.39, 0.29) is 11.8 Å². The van der Waals surface area contributed by atoms with Crippen molar-refractivity contribution in [2.75, 3.05) is 13.7 Å². The van der Waals surface area contributed by atoms with Gasteiger partial charge in [-0.3, -0.25) is 9.78 Å². The van der Waals surface area contributed by atoms with Crippen molar-refractivity contribution in [1.29, 1.82) is 0 Å². The molecule has 1 atom stereocenters. The third-order valence-electron chi connectivity index (χ3n) is 4.54. The second-order valence-electron chi connectivity index (χ2n) is 6.34. The van der Waals surface area contributed by atoms with Gasteiger partial charge in [0.1, 0.15) is 5.75 Å². The van der Waals surface area contributed by atoms with Gasteiger partial charge >= 0.3 is 0 Å². The van der Waals surface area contributed by atoms with Crippen LogP contribution in [0.25, 0.3) is 0 Å². The Morgan fingerprint density at radius 2 is 1.74 bits per heavy atom. The van der Waals surface area contributed by atoms with Gasteiger partial charge in [-0.1, -0.05) is 54.6 Å². The molecule has 0 bridgehead atoms. The SMILES string of the molecule is COc1ccccc1CCNC(=O)C(Cc1ccccn1)c1ccccc1. The van der Waals surface area contributed by atoms with Crippen LogP contribution in [0.4, 0.5) is 0 Å². The molecule has 1 unspecified atom stereocenters. The summed E-state index contributed by atoms with van der Waals surface area (Å²) in [5, 5.41) is 3.08. The van der Waals surface area contributed by atoms with Crippen molar-refractivity contribution >= 4 is 5.91 Å². The smallest absolute Gasteiger partial charge is 0.227 e. The highest BCUT2D eigenvalue weighted by atomic mass is 16.5. The van der Waals surface area contributed by atoms with Crippen LogP contribution < -0.4 is 10.1 Å². The summed E-state index contributed by atoms with van der Waals surface area (Å²) < 4.78 is 5.38. The summed E-state index contributed by atoms with van der Waals surface area (Å²) in [4.78, 5) is 17.3. The third-order valence-corrected chi connectivity index (χ3v) is 4.54. The molecule has 0 saturated heterocycles. The summed E-state index contributed by atoms with van der Waals surface area (Å²) in [6, 6.07) is 23.5. The molecule has 0 radical (unpaired) electrons. The van der Waals surface area contributed by atoms with Crippen LogP contribution in [0.15, 0.2) is 79.0 Å². The highest BCUT2D eigenvalue weighted by Crippen LogP contribution is 2.21. The van der Waals surface area contributed by atoms with Crippen LogP contribution in [0.5, 0.6) is 5.75 Å². The van der Waals surface area contributed by atoms with Crippen molar-refractivity contribution in [1.82, 2.24) is 10.3 Å². The van der Waals surface area contributed by atoms with Gasteiger partial charge in [0.2, 0.25) is 5.91 Å². The summed E-state index contributed by atoms with van der Waals surface area (Å²) >= 11 is 0. The largest absolute Gasteiger partial charge is 0.496 e. The number of nitrogens with one attached hydrogen (secondary N) is 1. The molecule has 4 nitrogen and oxygen atoms in total. The van der Waals surface area contributed by atoms with Gasteiger partial charge in [0, 0.05) is 24.9 Å². The van der Waals surface area contributed by atoms with Gasteiger partial charge in [-0.05, 0) is 35.7 Å². The highest BCUT2D eigenvalue weighted by molar-refractivity contribution is 5.83. The number of methoxy groups -OCH3 is 1. The molecule has 4 heteroatoms. The third kappa shape index (κ3) is 5.17. The van der Waals surface area contributed by atoms with E-state index < -0.39 is 0 Å². The average Bonchev–Trinajstić information content (AvgIpc) is 2.73. The first kappa shape index (κ1) is 18.6. The maximum atomic E-state index is 12.9. The number of amides is 1. The van der Waals surface area contributed by atoms with Gasteiger partial charge in [-0.25, -0.2) is 0 Å². The predicted octanol–water partition coefficient (Wildman–Crippen LogP) is 3.78. The second kappa shape index (κ2) is 9.53. The lowest BCUT2D eigenvalue weighted by Crippen LogP contribution is -2.32. The summed E-state index contributed by atoms with van der Waals surface area (Å²) in [5.41, 5.74) is 2.99. The number of nitrogens with zero attached hydrogens (tertiary/aromatic N) is 1. The van der Waals surface area contributed by atoms with Gasteiger partial charge in [0.15, 0.2) is 0 Å². The van der Waals surface area contributed by atoms with Gasteiger partial charge in [0.25, 0.3) is 0 Å². The predicted molar refractivity (Wildman–Crippen MR) is 107 cm³/mol. The summed E-state index contributed by atoms with van der Waals surface area (Å²) in [6.07, 6.45) is 3.06. The minimum Gasteiger partial charge on any atom is -0.496 e. The zero-order valence-corrected chi connectivity index (χ0v) is 15.5. The van der Waals surface area contributed by atoms with E-state index in [1.54, 1.807) is 13.3 Å². The van der Waals surface area contributed by atoms with Gasteiger partial charge in [-0.2, -0.15) is 0 Å². The molecule has 0 spiro atoms. The van der Waals surface area contributed by atoms with Crippen molar-refractivity contribution in [3.8, 4) is 5.75 Å². The van der Waals surface area contributed by atoms with Crippen molar-refractivity contribution < 1.29 is 9.53 Å². The molecule has 138 valence electrons. The minimum atomic E-state index is -0.265. The molecule has 1 heterocycles. The van der Waals surface area contributed by atoms with Crippen LogP contribution in [-0.2, 0) is 17.6 Å². The fourth-order valence-corrected chi connectivity index (χ4v) is 3.13. The number of pyridine rings is 1. The van der Waals surface area contributed by atoms with Crippen LogP contribution in [0.3, 0.4) is 0 Å². The normalized spacial score (nSPS) is 11.6. The van der Waals surface area contributed by atoms with E-state index >= 15 is 0 Å². The number of ether oxygens (including phenoxy) is 1. The lowest BCUT2D eigenvalue weighted by molar-refractivity contribution is -0.122. The van der Waals surface area contributed by atoms with E-state index in [2.05, 4.69) is 10.3 Å². The Kier molecular flexibility index (Phi) is 6.58. The van der Waals surface area contributed by atoms with E-state index in [1.807, 2.05) is 72.8 Å². The molecule has 0 saturated carbocycles. The molecule has 0 aliphatic heterocycles. The van der Waals surface area contributed by atoms with Gasteiger partial charge < -0.3 is 10.1 Å². The molecular weight excluding hydrogens is 336 g/mol. The van der Waals surface area contributed by atoms with E-state index in [0.29, 0.717) is 13.0 Å². The molecule has 1 N–H and O–H groups in total. The summed E-state index contributed by atoms with van der Waals surface area (Å²) in [5.74, 6) is 0.598. The van der Waals surface area contributed by atoms with Crippen molar-refractivity contribution in [2.45, 2.75) is 18.8 Å². The Hall–Kier alpha value is -3.14. The van der Waals surface area contributed by atoms with Gasteiger partial charge in [0.05, 0.1) is 13.0 Å². The van der Waals surface area contributed by atoms with Crippen molar-refractivity contribution in [3.63, 3.8) is 0 Å². The molecule has 3 rings (SSSR count). The molecular formula is C23H24N2O2. The number of aromatic nitrogens is 1. The van der Waals surface area contributed by atoms with Crippen LogP contribution in [0.2, 0.25) is 0 Å². The number of benzene rings is 2. The monoisotopic (exact) mass is 360 g/mol. The van der Waals surface area contributed by atoms with Crippen LogP contribution in [0.1, 0.15) is 22.7 Å². The standard InChI is InChI=1S/C23H24N2O2/c1-27-22-13-6-5-11-19(22)14-16-25-23(26)21(18-9-3-2-4-10-18)17-20-12-7-8-15-24-20/h2-13,15,21H,14,16-17H2,1H3,(H,25,26). The van der Waals surface area contributed by atoms with Gasteiger partial charge in [-0.15, -0.1) is 0 Å². The number of rotatable bonds is 8. The summed E-state index contributed by atoms with van der Waals surface area (Å²) in [7, 11) is 1.66. The maximum absolute atomic E-state index is 12.9. The number of carbonyl (C=O) groups is 1. The molecule has 2 aromatic carbocycles. The average molecular weight is 360 g/mol. The zero-order chi connectivity index (χ0) is 18.9. The second-order valence-corrected chi connectivity index (χ2v) is 6.34. The van der Waals surface area contributed by atoms with E-state index in [9.17, 15) is 4.79 Å². The topological polar surface area (TPSA) is 51.2 Å². The molecule has 0 aliphatic carbocycles. The van der Waals surface area contributed by atoms with Crippen molar-refractivity contribution in [2.24, 2.45) is 0 Å². The van der Waals surface area contributed by atoms with Crippen LogP contribution in [0, 0.1) is 0 Å². The minimum absolute atomic E-state index is 0.0155. The number of carbonyl (C=O) groups excluding carboxylic acids is 1. The summed E-state index contributed by atoms with van der Waals surface area (Å²) in [6.45, 7) is 0.560. The molecule has 3 aromatic rings. The van der Waals surface area contributed by atoms with Crippen molar-refractivity contribution in [3.05, 3.63) is 95.8 Å². The Labute approximate surface area is 160 Å². The number of para-hydroxylation sites is 1. The molecule has 1 aromatic heterocycles. The fourth-order valence-electron chi connectivity index (χ4n) is 3.13. The Morgan fingerprint density at radius 1 is 1.00 bits per heavy atom. The lowest BCUT2D eigenvalue weighted by Gasteiger charge is -2.17. The Balaban J connectivity index is 1.67. The highest BCUT2D eigenvalue weighted by Gasteiger charge is 2.21.